The quantitative estimate of drug-likeness (QED) is 0.827. The number of hydrogen-bond donors (Lipinski definition) is 1. The maximum atomic E-state index is 4.92. The molecule has 3 nitrogen and oxygen atoms in total. The Hall–Kier alpha value is -0.610. The maximum absolute atomic E-state index is 4.92. The van der Waals surface area contributed by atoms with Gasteiger partial charge in [0.25, 0.3) is 0 Å². The van der Waals surface area contributed by atoms with Crippen molar-refractivity contribution < 1.29 is 0 Å². The molecule has 108 valence electrons. The van der Waals surface area contributed by atoms with Crippen molar-refractivity contribution in [2.45, 2.75) is 58.5 Å². The Morgan fingerprint density at radius 3 is 2.58 bits per heavy atom. The van der Waals surface area contributed by atoms with Crippen LogP contribution in [0.2, 0.25) is 0 Å². The Morgan fingerprint density at radius 1 is 1.37 bits per heavy atom. The average Bonchev–Trinajstić information content (AvgIpc) is 3.10. The van der Waals surface area contributed by atoms with Crippen molar-refractivity contribution in [2.24, 2.45) is 5.92 Å². The highest BCUT2D eigenvalue weighted by atomic mass is 32.1. The highest BCUT2D eigenvalue weighted by Crippen LogP contribution is 2.44. The molecular weight excluding hydrogens is 254 g/mol. The number of hydrogen-bond acceptors (Lipinski definition) is 4. The smallest absolute Gasteiger partial charge is 0.185 e. The fourth-order valence-electron chi connectivity index (χ4n) is 2.49. The minimum Gasteiger partial charge on any atom is -0.348 e. The van der Waals surface area contributed by atoms with Crippen molar-refractivity contribution in [1.82, 2.24) is 10.3 Å². The second-order valence-electron chi connectivity index (χ2n) is 6.20. The van der Waals surface area contributed by atoms with Gasteiger partial charge in [-0.1, -0.05) is 13.8 Å². The lowest BCUT2D eigenvalue weighted by Crippen LogP contribution is -2.29. The summed E-state index contributed by atoms with van der Waals surface area (Å²) >= 11 is 1.87. The highest BCUT2D eigenvalue weighted by molar-refractivity contribution is 7.15. The first-order chi connectivity index (χ1) is 9.02. The molecule has 0 spiro atoms. The van der Waals surface area contributed by atoms with Gasteiger partial charge < -0.3 is 10.2 Å². The summed E-state index contributed by atoms with van der Waals surface area (Å²) in [5.74, 6) is 1.47. The predicted octanol–water partition coefficient (Wildman–Crippen LogP) is 3.61. The van der Waals surface area contributed by atoms with Gasteiger partial charge in [0.2, 0.25) is 0 Å². The van der Waals surface area contributed by atoms with E-state index in [4.69, 9.17) is 4.98 Å². The molecule has 1 aliphatic carbocycles. The lowest BCUT2D eigenvalue weighted by atomic mass is 10.0. The van der Waals surface area contributed by atoms with Gasteiger partial charge in [-0.05, 0) is 39.2 Å². The molecule has 4 heteroatoms. The third kappa shape index (κ3) is 3.69. The zero-order valence-electron chi connectivity index (χ0n) is 12.9. The lowest BCUT2D eigenvalue weighted by Gasteiger charge is -2.25. The van der Waals surface area contributed by atoms with Crippen LogP contribution in [0.5, 0.6) is 0 Å². The maximum Gasteiger partial charge on any atom is 0.185 e. The van der Waals surface area contributed by atoms with Crippen LogP contribution in [0, 0.1) is 5.92 Å². The van der Waals surface area contributed by atoms with Crippen molar-refractivity contribution in [3.05, 3.63) is 10.6 Å². The van der Waals surface area contributed by atoms with Crippen LogP contribution in [0.15, 0.2) is 0 Å². The van der Waals surface area contributed by atoms with Gasteiger partial charge in [0.05, 0.1) is 5.69 Å². The molecule has 1 fully saturated rings. The Morgan fingerprint density at radius 2 is 2.05 bits per heavy atom. The molecule has 0 saturated heterocycles. The monoisotopic (exact) mass is 281 g/mol. The summed E-state index contributed by atoms with van der Waals surface area (Å²) in [4.78, 5) is 8.71. The van der Waals surface area contributed by atoms with Crippen molar-refractivity contribution in [3.63, 3.8) is 0 Å². The first-order valence-corrected chi connectivity index (χ1v) is 8.21. The largest absolute Gasteiger partial charge is 0.348 e. The van der Waals surface area contributed by atoms with Crippen molar-refractivity contribution >= 4 is 16.5 Å². The van der Waals surface area contributed by atoms with E-state index in [0.29, 0.717) is 6.04 Å². The number of thiazole rings is 1. The Balaban J connectivity index is 2.12. The Kier molecular flexibility index (Phi) is 4.85. The average molecular weight is 281 g/mol. The second-order valence-corrected chi connectivity index (χ2v) is 7.26. The number of rotatable bonds is 7. The number of aromatic nitrogens is 1. The molecule has 0 radical (unpaired) electrons. The fraction of sp³-hybridized carbons (Fsp3) is 0.800. The topological polar surface area (TPSA) is 28.2 Å². The summed E-state index contributed by atoms with van der Waals surface area (Å²) in [5, 5.41) is 4.47. The molecule has 0 aliphatic heterocycles. The van der Waals surface area contributed by atoms with E-state index in [-0.39, 0.29) is 0 Å². The molecule has 0 bridgehead atoms. The molecule has 1 aromatic heterocycles. The molecule has 1 heterocycles. The van der Waals surface area contributed by atoms with Gasteiger partial charge in [-0.15, -0.1) is 11.3 Å². The van der Waals surface area contributed by atoms with Crippen LogP contribution in [-0.4, -0.2) is 25.1 Å². The molecule has 1 saturated carbocycles. The van der Waals surface area contributed by atoms with Crippen molar-refractivity contribution in [2.75, 3.05) is 19.0 Å². The molecule has 1 aromatic rings. The van der Waals surface area contributed by atoms with E-state index in [1.165, 1.54) is 35.0 Å². The van der Waals surface area contributed by atoms with E-state index in [9.17, 15) is 0 Å². The third-order valence-electron chi connectivity index (χ3n) is 3.79. The third-order valence-corrected chi connectivity index (χ3v) is 4.95. The zero-order valence-corrected chi connectivity index (χ0v) is 13.7. The summed E-state index contributed by atoms with van der Waals surface area (Å²) in [7, 11) is 4.20. The standard InChI is InChI=1S/C15H27N3S/c1-10(2)8-11(3)18(5)15-17-14(12-6-7-12)13(19-15)9-16-4/h10-12,16H,6-9H2,1-5H3. The van der Waals surface area contributed by atoms with Crippen LogP contribution in [-0.2, 0) is 6.54 Å². The van der Waals surface area contributed by atoms with Crippen LogP contribution in [0.3, 0.4) is 0 Å². The summed E-state index contributed by atoms with van der Waals surface area (Å²) in [6.07, 6.45) is 3.87. The lowest BCUT2D eigenvalue weighted by molar-refractivity contribution is 0.503. The molecule has 1 N–H and O–H groups in total. The van der Waals surface area contributed by atoms with Crippen LogP contribution in [0.4, 0.5) is 5.13 Å². The highest BCUT2D eigenvalue weighted by Gasteiger charge is 2.30. The first kappa shape index (κ1) is 14.8. The van der Waals surface area contributed by atoms with E-state index >= 15 is 0 Å². The van der Waals surface area contributed by atoms with Gasteiger partial charge in [0.15, 0.2) is 5.13 Å². The zero-order chi connectivity index (χ0) is 14.0. The van der Waals surface area contributed by atoms with Gasteiger partial charge in [-0.3, -0.25) is 0 Å². The van der Waals surface area contributed by atoms with Gasteiger partial charge in [0, 0.05) is 30.4 Å². The van der Waals surface area contributed by atoms with Crippen molar-refractivity contribution in [1.29, 1.82) is 0 Å². The second kappa shape index (κ2) is 6.23. The molecule has 0 amide bonds. The van der Waals surface area contributed by atoms with Crippen LogP contribution < -0.4 is 10.2 Å². The van der Waals surface area contributed by atoms with E-state index in [2.05, 4.69) is 38.0 Å². The van der Waals surface area contributed by atoms with Crippen LogP contribution in [0.25, 0.3) is 0 Å². The normalized spacial score (nSPS) is 16.9. The molecule has 1 aliphatic rings. The number of anilines is 1. The first-order valence-electron chi connectivity index (χ1n) is 7.40. The minimum absolute atomic E-state index is 0.556. The van der Waals surface area contributed by atoms with E-state index in [0.717, 1.165) is 18.4 Å². The fourth-order valence-corrected chi connectivity index (χ4v) is 3.72. The van der Waals surface area contributed by atoms with Gasteiger partial charge in [-0.25, -0.2) is 4.98 Å². The molecule has 1 atom stereocenters. The van der Waals surface area contributed by atoms with Gasteiger partial charge in [-0.2, -0.15) is 0 Å². The van der Waals surface area contributed by atoms with Crippen molar-refractivity contribution in [3.8, 4) is 0 Å². The van der Waals surface area contributed by atoms with E-state index in [1.54, 1.807) is 0 Å². The van der Waals surface area contributed by atoms with Crippen LogP contribution in [0.1, 0.15) is 56.5 Å². The summed E-state index contributed by atoms with van der Waals surface area (Å²) in [6.45, 7) is 7.83. The predicted molar refractivity (Wildman–Crippen MR) is 84.2 cm³/mol. The van der Waals surface area contributed by atoms with Gasteiger partial charge >= 0.3 is 0 Å². The molecule has 19 heavy (non-hydrogen) atoms. The van der Waals surface area contributed by atoms with E-state index < -0.39 is 0 Å². The number of nitrogens with one attached hydrogen (secondary N) is 1. The SMILES string of the molecule is CNCc1sc(N(C)C(C)CC(C)C)nc1C1CC1. The van der Waals surface area contributed by atoms with Crippen LogP contribution >= 0.6 is 11.3 Å². The minimum atomic E-state index is 0.556. The van der Waals surface area contributed by atoms with Gasteiger partial charge in [0.1, 0.15) is 0 Å². The van der Waals surface area contributed by atoms with E-state index in [1.807, 2.05) is 18.4 Å². The Bertz CT molecular complexity index is 410. The molecule has 2 rings (SSSR count). The molecular formula is C15H27N3S. The molecule has 1 unspecified atom stereocenters. The summed E-state index contributed by atoms with van der Waals surface area (Å²) in [5.41, 5.74) is 1.36. The summed E-state index contributed by atoms with van der Waals surface area (Å²) < 4.78 is 0. The molecule has 0 aromatic carbocycles. The Labute approximate surface area is 121 Å². The summed E-state index contributed by atoms with van der Waals surface area (Å²) in [6, 6.07) is 0.556. The number of nitrogens with zero attached hydrogens (tertiary/aromatic N) is 2.